The number of benzene rings is 1. The standard InChI is InChI=1S/C19H24N4O5S/c1-21(2)29(26,27)15-7-8-17(22-10-4-3-5-11-22)16(13-15)19(24)28-14-18-20-9-6-12-23(18)25/h6-9,12-13H,3-5,10-11,14H2,1-2H3. The molecule has 2 heterocycles. The van der Waals surface area contributed by atoms with Crippen molar-refractivity contribution < 1.29 is 22.7 Å². The fraction of sp³-hybridized carbons (Fsp3) is 0.421. The van der Waals surface area contributed by atoms with Crippen molar-refractivity contribution in [3.05, 3.63) is 53.3 Å². The zero-order chi connectivity index (χ0) is 21.0. The van der Waals surface area contributed by atoms with Crippen molar-refractivity contribution in [1.82, 2.24) is 9.29 Å². The van der Waals surface area contributed by atoms with Crippen LogP contribution in [0.4, 0.5) is 5.69 Å². The quantitative estimate of drug-likeness (QED) is 0.394. The Morgan fingerprint density at radius 1 is 1.28 bits per heavy atom. The third kappa shape index (κ3) is 4.65. The summed E-state index contributed by atoms with van der Waals surface area (Å²) in [5, 5.41) is 11.7. The summed E-state index contributed by atoms with van der Waals surface area (Å²) < 4.78 is 32.0. The minimum absolute atomic E-state index is 0.00642. The summed E-state index contributed by atoms with van der Waals surface area (Å²) in [6.45, 7) is 1.25. The monoisotopic (exact) mass is 420 g/mol. The molecule has 1 aliphatic rings. The molecule has 0 saturated carbocycles. The number of anilines is 1. The van der Waals surface area contributed by atoms with E-state index < -0.39 is 16.0 Å². The molecule has 0 radical (unpaired) electrons. The molecule has 29 heavy (non-hydrogen) atoms. The topological polar surface area (TPSA) is 107 Å². The van der Waals surface area contributed by atoms with Gasteiger partial charge in [0, 0.05) is 33.3 Å². The van der Waals surface area contributed by atoms with E-state index in [2.05, 4.69) is 9.88 Å². The molecule has 0 spiro atoms. The molecule has 0 bridgehead atoms. The van der Waals surface area contributed by atoms with Crippen LogP contribution in [0.25, 0.3) is 0 Å². The van der Waals surface area contributed by atoms with Crippen LogP contribution in [0, 0.1) is 5.21 Å². The summed E-state index contributed by atoms with van der Waals surface area (Å²) in [7, 11) is -0.853. The molecule has 3 rings (SSSR count). The average Bonchev–Trinajstić information content (AvgIpc) is 2.73. The lowest BCUT2D eigenvalue weighted by molar-refractivity contribution is -0.620. The third-order valence-electron chi connectivity index (χ3n) is 4.78. The predicted molar refractivity (Wildman–Crippen MR) is 106 cm³/mol. The van der Waals surface area contributed by atoms with Gasteiger partial charge in [-0.3, -0.25) is 0 Å². The molecule has 0 atom stereocenters. The number of nitrogens with zero attached hydrogens (tertiary/aromatic N) is 4. The van der Waals surface area contributed by atoms with Gasteiger partial charge in [0.15, 0.2) is 6.61 Å². The van der Waals surface area contributed by atoms with Gasteiger partial charge >= 0.3 is 11.8 Å². The summed E-state index contributed by atoms with van der Waals surface area (Å²) in [6, 6.07) is 5.96. The van der Waals surface area contributed by atoms with Crippen molar-refractivity contribution in [2.45, 2.75) is 30.8 Å². The lowest BCUT2D eigenvalue weighted by atomic mass is 10.1. The molecule has 0 unspecified atom stereocenters. The van der Waals surface area contributed by atoms with E-state index in [4.69, 9.17) is 4.74 Å². The van der Waals surface area contributed by atoms with E-state index in [1.807, 2.05) is 0 Å². The van der Waals surface area contributed by atoms with Gasteiger partial charge in [-0.25, -0.2) is 22.2 Å². The van der Waals surface area contributed by atoms with Crippen molar-refractivity contribution in [3.8, 4) is 0 Å². The summed E-state index contributed by atoms with van der Waals surface area (Å²) >= 11 is 0. The first-order chi connectivity index (χ1) is 13.8. The normalized spacial score (nSPS) is 14.8. The molecule has 2 aromatic rings. The Balaban J connectivity index is 1.94. The maximum absolute atomic E-state index is 12.8. The van der Waals surface area contributed by atoms with Crippen LogP contribution >= 0.6 is 0 Å². The highest BCUT2D eigenvalue weighted by Crippen LogP contribution is 2.28. The number of sulfonamides is 1. The molecular formula is C19H24N4O5S. The Kier molecular flexibility index (Phi) is 6.33. The first-order valence-electron chi connectivity index (χ1n) is 9.32. The largest absolute Gasteiger partial charge is 0.711 e. The van der Waals surface area contributed by atoms with Crippen LogP contribution in [0.3, 0.4) is 0 Å². The molecular weight excluding hydrogens is 396 g/mol. The summed E-state index contributed by atoms with van der Waals surface area (Å²) in [5.74, 6) is -0.663. The van der Waals surface area contributed by atoms with Gasteiger partial charge in [-0.2, -0.15) is 0 Å². The van der Waals surface area contributed by atoms with Crippen LogP contribution in [0.15, 0.2) is 41.6 Å². The fourth-order valence-corrected chi connectivity index (χ4v) is 4.09. The summed E-state index contributed by atoms with van der Waals surface area (Å²) in [5.41, 5.74) is 0.784. The Morgan fingerprint density at radius 3 is 2.66 bits per heavy atom. The molecule has 1 aliphatic heterocycles. The van der Waals surface area contributed by atoms with E-state index >= 15 is 0 Å². The molecule has 156 valence electrons. The molecule has 1 saturated heterocycles. The highest BCUT2D eigenvalue weighted by molar-refractivity contribution is 7.89. The fourth-order valence-electron chi connectivity index (χ4n) is 3.16. The number of carbonyl (C=O) groups is 1. The molecule has 0 aliphatic carbocycles. The Bertz CT molecular complexity index is 988. The SMILES string of the molecule is CN(C)S(=O)(=O)c1ccc(N2CCCCC2)c(C(=O)OCc2nccc[n+]2[O-])c1. The van der Waals surface area contributed by atoms with Crippen molar-refractivity contribution in [2.75, 3.05) is 32.1 Å². The number of esters is 1. The van der Waals surface area contributed by atoms with Crippen LogP contribution in [0.2, 0.25) is 0 Å². The number of hydrogen-bond donors (Lipinski definition) is 0. The van der Waals surface area contributed by atoms with E-state index in [1.165, 1.54) is 44.7 Å². The lowest BCUT2D eigenvalue weighted by Crippen LogP contribution is -2.33. The van der Waals surface area contributed by atoms with E-state index in [0.29, 0.717) is 10.4 Å². The number of carbonyl (C=O) groups excluding carboxylic acids is 1. The zero-order valence-electron chi connectivity index (χ0n) is 16.4. The maximum atomic E-state index is 12.8. The summed E-state index contributed by atoms with van der Waals surface area (Å²) in [6.07, 6.45) is 5.81. The van der Waals surface area contributed by atoms with Gasteiger partial charge in [0.1, 0.15) is 6.20 Å². The smallest absolute Gasteiger partial charge is 0.340 e. The zero-order valence-corrected chi connectivity index (χ0v) is 17.3. The molecule has 1 aromatic carbocycles. The van der Waals surface area contributed by atoms with E-state index in [9.17, 15) is 18.4 Å². The molecule has 1 aromatic heterocycles. The number of hydrogen-bond acceptors (Lipinski definition) is 7. The van der Waals surface area contributed by atoms with Crippen LogP contribution in [0.5, 0.6) is 0 Å². The Labute approximate surface area is 170 Å². The van der Waals surface area contributed by atoms with Crippen LogP contribution in [0.1, 0.15) is 35.4 Å². The molecule has 9 nitrogen and oxygen atoms in total. The van der Waals surface area contributed by atoms with Crippen molar-refractivity contribution in [1.29, 1.82) is 0 Å². The number of rotatable bonds is 6. The molecule has 0 amide bonds. The first-order valence-corrected chi connectivity index (χ1v) is 10.8. The lowest BCUT2D eigenvalue weighted by Gasteiger charge is -2.30. The van der Waals surface area contributed by atoms with Gasteiger partial charge < -0.3 is 14.8 Å². The first kappa shape index (κ1) is 21.0. The highest BCUT2D eigenvalue weighted by Gasteiger charge is 2.25. The number of piperidine rings is 1. The number of aromatic nitrogens is 2. The second-order valence-electron chi connectivity index (χ2n) is 6.95. The van der Waals surface area contributed by atoms with Gasteiger partial charge in [-0.1, -0.05) is 0 Å². The van der Waals surface area contributed by atoms with Crippen LogP contribution in [-0.4, -0.2) is 50.9 Å². The Morgan fingerprint density at radius 2 is 2.00 bits per heavy atom. The molecule has 10 heteroatoms. The van der Waals surface area contributed by atoms with Crippen molar-refractivity contribution >= 4 is 21.7 Å². The second kappa shape index (κ2) is 8.75. The van der Waals surface area contributed by atoms with Gasteiger partial charge in [0.25, 0.3) is 0 Å². The van der Waals surface area contributed by atoms with Crippen molar-refractivity contribution in [2.24, 2.45) is 0 Å². The number of ether oxygens (including phenoxy) is 1. The second-order valence-corrected chi connectivity index (χ2v) is 9.10. The van der Waals surface area contributed by atoms with Crippen molar-refractivity contribution in [3.63, 3.8) is 0 Å². The minimum Gasteiger partial charge on any atom is -0.711 e. The minimum atomic E-state index is -3.71. The highest BCUT2D eigenvalue weighted by atomic mass is 32.2. The Hall–Kier alpha value is -2.72. The summed E-state index contributed by atoms with van der Waals surface area (Å²) in [4.78, 5) is 18.8. The van der Waals surface area contributed by atoms with Gasteiger partial charge in [0.05, 0.1) is 22.3 Å². The van der Waals surface area contributed by atoms with Gasteiger partial charge in [-0.05, 0) is 42.4 Å². The van der Waals surface area contributed by atoms with E-state index in [-0.39, 0.29) is 22.9 Å². The average molecular weight is 420 g/mol. The van der Waals surface area contributed by atoms with Gasteiger partial charge in [0.2, 0.25) is 10.0 Å². The van der Waals surface area contributed by atoms with Gasteiger partial charge in [-0.15, -0.1) is 0 Å². The third-order valence-corrected chi connectivity index (χ3v) is 6.59. The maximum Gasteiger partial charge on any atom is 0.340 e. The van der Waals surface area contributed by atoms with E-state index in [0.717, 1.165) is 36.7 Å². The molecule has 1 fully saturated rings. The predicted octanol–water partition coefficient (Wildman–Crippen LogP) is 1.31. The molecule has 0 N–H and O–H groups in total. The van der Waals surface area contributed by atoms with Crippen LogP contribution < -0.4 is 9.63 Å². The van der Waals surface area contributed by atoms with E-state index in [1.54, 1.807) is 6.07 Å². The van der Waals surface area contributed by atoms with Crippen LogP contribution in [-0.2, 0) is 21.4 Å².